The Bertz CT molecular complexity index is 63.7. The zero-order valence-electron chi connectivity index (χ0n) is 3.16. The Hall–Kier alpha value is 0.263. The normalized spacial score (nSPS) is 3.43. The van der Waals surface area contributed by atoms with Crippen LogP contribution in [0.3, 0.4) is 0 Å². The van der Waals surface area contributed by atoms with E-state index in [1.165, 1.54) is 0 Å². The smallest absolute Gasteiger partial charge is 0.168 e. The molecule has 0 spiro atoms. The van der Waals surface area contributed by atoms with E-state index in [2.05, 4.69) is 0 Å². The van der Waals surface area contributed by atoms with Gasteiger partial charge in [-0.05, 0) is 0 Å². The van der Waals surface area contributed by atoms with E-state index in [1.54, 1.807) is 0 Å². The van der Waals surface area contributed by atoms with E-state index in [0.29, 0.717) is 0 Å². The standard InChI is InChI=1S/2O2S.Zn/c2*1-3-2;/q;;+2. The van der Waals surface area contributed by atoms with Gasteiger partial charge in [0.1, 0.15) is 0 Å². The molecule has 0 amide bonds. The minimum absolute atomic E-state index is 0. The molecule has 0 bridgehead atoms. The Morgan fingerprint density at radius 2 is 0.714 bits per heavy atom. The number of rotatable bonds is 0. The molecule has 0 aliphatic carbocycles. The van der Waals surface area contributed by atoms with Crippen LogP contribution in [0.5, 0.6) is 0 Å². The average Bonchev–Trinajstić information content (AvgIpc) is 1.39. The molecule has 0 fully saturated rings. The van der Waals surface area contributed by atoms with Crippen molar-refractivity contribution < 1.29 is 36.3 Å². The van der Waals surface area contributed by atoms with Gasteiger partial charge < -0.3 is 0 Å². The molecule has 36 valence electrons. The summed E-state index contributed by atoms with van der Waals surface area (Å²) in [6, 6.07) is 0. The van der Waals surface area contributed by atoms with Gasteiger partial charge in [-0.25, -0.2) is 0 Å². The molecule has 0 aliphatic rings. The molecule has 0 aromatic rings. The van der Waals surface area contributed by atoms with Crippen molar-refractivity contribution in [3.8, 4) is 0 Å². The predicted octanol–water partition coefficient (Wildman–Crippen LogP) is -1.34. The molecule has 0 radical (unpaired) electrons. The predicted molar refractivity (Wildman–Crippen MR) is 17.8 cm³/mol. The molecule has 4 nitrogen and oxygen atoms in total. The van der Waals surface area contributed by atoms with Crippen molar-refractivity contribution >= 4 is 23.1 Å². The van der Waals surface area contributed by atoms with Crippen molar-refractivity contribution in [1.29, 1.82) is 0 Å². The Labute approximate surface area is 59.6 Å². The molecule has 0 atom stereocenters. The molecule has 0 saturated carbocycles. The van der Waals surface area contributed by atoms with Crippen molar-refractivity contribution in [2.45, 2.75) is 0 Å². The van der Waals surface area contributed by atoms with Crippen molar-refractivity contribution in [2.75, 3.05) is 0 Å². The van der Waals surface area contributed by atoms with Gasteiger partial charge in [0.2, 0.25) is 0 Å². The Morgan fingerprint density at radius 3 is 0.714 bits per heavy atom. The first-order chi connectivity index (χ1) is 2.83. The maximum absolute atomic E-state index is 8.29. The second-order valence-corrected chi connectivity index (χ2v) is 0.408. The van der Waals surface area contributed by atoms with Gasteiger partial charge in [-0.2, -0.15) is 16.8 Å². The van der Waals surface area contributed by atoms with Gasteiger partial charge in [0.05, 0.1) is 0 Å². The summed E-state index contributed by atoms with van der Waals surface area (Å²) in [7, 11) is 0. The van der Waals surface area contributed by atoms with E-state index in [0.717, 1.165) is 0 Å². The Morgan fingerprint density at radius 1 is 0.714 bits per heavy atom. The van der Waals surface area contributed by atoms with Crippen LogP contribution in [0.4, 0.5) is 0 Å². The van der Waals surface area contributed by atoms with Gasteiger partial charge in [-0.1, -0.05) is 0 Å². The molecule has 0 aromatic heterocycles. The van der Waals surface area contributed by atoms with E-state index >= 15 is 0 Å². The van der Waals surface area contributed by atoms with Crippen LogP contribution < -0.4 is 0 Å². The molecular formula is O4S2Zn+2. The first-order valence-electron chi connectivity index (χ1n) is 0.667. The molecular weight excluding hydrogens is 194 g/mol. The van der Waals surface area contributed by atoms with Crippen LogP contribution in [0.25, 0.3) is 0 Å². The fourth-order valence-corrected chi connectivity index (χ4v) is 0. The van der Waals surface area contributed by atoms with Gasteiger partial charge in [-0.15, -0.1) is 0 Å². The van der Waals surface area contributed by atoms with Gasteiger partial charge in [0.25, 0.3) is 0 Å². The van der Waals surface area contributed by atoms with Crippen molar-refractivity contribution in [2.24, 2.45) is 0 Å². The van der Waals surface area contributed by atoms with Crippen LogP contribution in [-0.4, -0.2) is 16.8 Å². The summed E-state index contributed by atoms with van der Waals surface area (Å²) in [5, 5.41) is 0. The maximum Gasteiger partial charge on any atom is 2.00 e. The van der Waals surface area contributed by atoms with Crippen LogP contribution in [0.2, 0.25) is 0 Å². The fraction of sp³-hybridized carbons (Fsp3) is 0. The zero-order chi connectivity index (χ0) is 5.41. The number of hydrogen-bond donors (Lipinski definition) is 0. The third kappa shape index (κ3) is 1640. The van der Waals surface area contributed by atoms with Gasteiger partial charge in [0, 0.05) is 0 Å². The average molecular weight is 194 g/mol. The second kappa shape index (κ2) is 33.9. The minimum Gasteiger partial charge on any atom is -0.168 e. The van der Waals surface area contributed by atoms with E-state index in [-0.39, 0.29) is 19.5 Å². The molecule has 0 heterocycles. The number of hydrogen-bond acceptors (Lipinski definition) is 4. The van der Waals surface area contributed by atoms with E-state index < -0.39 is 23.1 Å². The summed E-state index contributed by atoms with van der Waals surface area (Å²) in [4.78, 5) is 0. The second-order valence-electron chi connectivity index (χ2n) is 0.136. The maximum atomic E-state index is 8.29. The van der Waals surface area contributed by atoms with Gasteiger partial charge in [0.15, 0.2) is 0 Å². The summed E-state index contributed by atoms with van der Waals surface area (Å²) >= 11 is -1.50. The van der Waals surface area contributed by atoms with E-state index in [4.69, 9.17) is 16.8 Å². The minimum atomic E-state index is -0.750. The monoisotopic (exact) mass is 192 g/mol. The molecule has 0 rings (SSSR count). The topological polar surface area (TPSA) is 68.3 Å². The summed E-state index contributed by atoms with van der Waals surface area (Å²) < 4.78 is 33.2. The summed E-state index contributed by atoms with van der Waals surface area (Å²) in [5.41, 5.74) is 0. The van der Waals surface area contributed by atoms with Crippen molar-refractivity contribution in [3.05, 3.63) is 0 Å². The molecule has 0 saturated heterocycles. The quantitative estimate of drug-likeness (QED) is 0.447. The first-order valence-corrected chi connectivity index (χ1v) is 2.00. The van der Waals surface area contributed by atoms with Crippen LogP contribution in [0.1, 0.15) is 0 Å². The third-order valence-electron chi connectivity index (χ3n) is 0. The van der Waals surface area contributed by atoms with Crippen molar-refractivity contribution in [1.82, 2.24) is 0 Å². The van der Waals surface area contributed by atoms with E-state index in [1.807, 2.05) is 0 Å². The molecule has 7 heavy (non-hydrogen) atoms. The molecule has 0 N–H and O–H groups in total. The largest absolute Gasteiger partial charge is 2.00 e. The summed E-state index contributed by atoms with van der Waals surface area (Å²) in [5.74, 6) is 0. The first kappa shape index (κ1) is 15.7. The molecule has 0 aliphatic heterocycles. The Kier molecular flexibility index (Phi) is 75.9. The summed E-state index contributed by atoms with van der Waals surface area (Å²) in [6.45, 7) is 0. The fourth-order valence-electron chi connectivity index (χ4n) is 0. The molecule has 0 aromatic carbocycles. The Balaban J connectivity index is -0.0000000400. The summed E-state index contributed by atoms with van der Waals surface area (Å²) in [6.07, 6.45) is 0. The van der Waals surface area contributed by atoms with Crippen molar-refractivity contribution in [3.63, 3.8) is 0 Å². The van der Waals surface area contributed by atoms with Crippen LogP contribution in [0.15, 0.2) is 0 Å². The molecule has 7 heteroatoms. The van der Waals surface area contributed by atoms with Gasteiger partial charge >= 0.3 is 42.6 Å². The third-order valence-corrected chi connectivity index (χ3v) is 0. The zero-order valence-corrected chi connectivity index (χ0v) is 7.76. The SMILES string of the molecule is O=S=O.O=S=O.[Zn+2]. The van der Waals surface area contributed by atoms with Crippen LogP contribution in [0, 0.1) is 0 Å². The van der Waals surface area contributed by atoms with E-state index in [9.17, 15) is 0 Å². The molecule has 0 unspecified atom stereocenters. The van der Waals surface area contributed by atoms with Gasteiger partial charge in [-0.3, -0.25) is 0 Å². The van der Waals surface area contributed by atoms with Crippen LogP contribution in [-0.2, 0) is 42.6 Å². The van der Waals surface area contributed by atoms with Crippen LogP contribution >= 0.6 is 0 Å².